The van der Waals surface area contributed by atoms with Crippen LogP contribution in [0.25, 0.3) is 0 Å². The van der Waals surface area contributed by atoms with Crippen LogP contribution in [0.2, 0.25) is 0 Å². The Balaban J connectivity index is 1.50. The number of fused-ring (bicyclic) bond motifs is 1. The van der Waals surface area contributed by atoms with Gasteiger partial charge in [0.1, 0.15) is 6.04 Å². The third-order valence-electron chi connectivity index (χ3n) is 7.92. The maximum atomic E-state index is 14.0. The van der Waals surface area contributed by atoms with Crippen LogP contribution in [0.4, 0.5) is 11.4 Å². The molecule has 0 aromatic heterocycles. The number of nitrogens with zero attached hydrogens (tertiary/aromatic N) is 1. The van der Waals surface area contributed by atoms with Crippen molar-refractivity contribution in [2.75, 3.05) is 23.8 Å². The number of hydrogen-bond acceptors (Lipinski definition) is 5. The molecule has 2 aromatic rings. The van der Waals surface area contributed by atoms with E-state index in [1.165, 1.54) is 0 Å². The normalized spacial score (nSPS) is 29.9. The van der Waals surface area contributed by atoms with Crippen LogP contribution in [0.5, 0.6) is 0 Å². The van der Waals surface area contributed by atoms with E-state index < -0.39 is 22.6 Å². The van der Waals surface area contributed by atoms with Crippen molar-refractivity contribution in [2.24, 2.45) is 11.8 Å². The van der Waals surface area contributed by atoms with Gasteiger partial charge in [-0.1, -0.05) is 52.3 Å². The first-order valence-corrected chi connectivity index (χ1v) is 14.5. The van der Waals surface area contributed by atoms with Crippen molar-refractivity contribution < 1.29 is 19.5 Å². The molecule has 5 rings (SSSR count). The highest BCUT2D eigenvalue weighted by Gasteiger charge is 2.75. The fraction of sp³-hybridized carbons (Fsp3) is 0.464. The zero-order valence-corrected chi connectivity index (χ0v) is 23.3. The maximum Gasteiger partial charge on any atom is 0.248 e. The van der Waals surface area contributed by atoms with Gasteiger partial charge in [0, 0.05) is 34.6 Å². The van der Waals surface area contributed by atoms with Crippen LogP contribution in [0, 0.1) is 25.7 Å². The first-order valence-electron chi connectivity index (χ1n) is 12.7. The van der Waals surface area contributed by atoms with Crippen molar-refractivity contribution in [2.45, 2.75) is 54.0 Å². The molecule has 6 atom stereocenters. The van der Waals surface area contributed by atoms with Crippen molar-refractivity contribution in [3.63, 3.8) is 0 Å². The number of carbonyl (C=O) groups excluding carboxylic acids is 3. The van der Waals surface area contributed by atoms with Crippen LogP contribution < -0.4 is 10.6 Å². The maximum absolute atomic E-state index is 14.0. The van der Waals surface area contributed by atoms with Crippen LogP contribution in [-0.2, 0) is 14.4 Å². The van der Waals surface area contributed by atoms with E-state index in [0.29, 0.717) is 31.5 Å². The predicted octanol–water partition coefficient (Wildman–Crippen LogP) is 4.12. The molecule has 0 aliphatic carbocycles. The number of anilines is 2. The second-order valence-corrected chi connectivity index (χ2v) is 13.0. The largest absolute Gasteiger partial charge is 0.396 e. The molecule has 196 valence electrons. The first-order chi connectivity index (χ1) is 17.8. The second-order valence-electron chi connectivity index (χ2n) is 10.2. The molecule has 7 nitrogen and oxygen atoms in total. The number of halogens is 1. The van der Waals surface area contributed by atoms with Crippen molar-refractivity contribution in [1.82, 2.24) is 4.90 Å². The molecule has 3 saturated heterocycles. The van der Waals surface area contributed by atoms with Gasteiger partial charge in [0.05, 0.1) is 16.6 Å². The highest BCUT2D eigenvalue weighted by molar-refractivity contribution is 9.09. The lowest BCUT2D eigenvalue weighted by Crippen LogP contribution is -2.53. The summed E-state index contributed by atoms with van der Waals surface area (Å²) in [6.45, 7) is 4.31. The minimum absolute atomic E-state index is 0.0148. The minimum atomic E-state index is -0.702. The molecule has 37 heavy (non-hydrogen) atoms. The fourth-order valence-electron chi connectivity index (χ4n) is 6.31. The number of rotatable bonds is 8. The lowest BCUT2D eigenvalue weighted by atomic mass is 9.70. The van der Waals surface area contributed by atoms with Crippen LogP contribution in [0.3, 0.4) is 0 Å². The van der Waals surface area contributed by atoms with Gasteiger partial charge >= 0.3 is 0 Å². The molecule has 0 radical (unpaired) electrons. The molecule has 2 aromatic carbocycles. The van der Waals surface area contributed by atoms with Crippen LogP contribution in [0.1, 0.15) is 30.4 Å². The zero-order chi connectivity index (χ0) is 26.3. The molecule has 3 fully saturated rings. The van der Waals surface area contributed by atoms with E-state index in [-0.39, 0.29) is 34.4 Å². The number of thioether (sulfide) groups is 1. The molecule has 3 amide bonds. The molecule has 1 spiro atoms. The standard InChI is InChI=1S/C28H32BrN3O4S/c1-16-9-8-10-17(2)22(16)31-26(35)24-28-15-19(29)23(37-28)20(25(34)30-18-11-4-3-5-12-18)21(28)27(36)32(24)13-6-7-14-33/h3-5,8-12,19-21,23-24,33H,6-7,13-15H2,1-2H3,(H,30,34)(H,31,35)/t19?,20-,21+,23-,24?,28?/m1/s1. The Morgan fingerprint density at radius 2 is 1.76 bits per heavy atom. The number of benzene rings is 2. The monoisotopic (exact) mass is 585 g/mol. The van der Waals surface area contributed by atoms with E-state index in [0.717, 1.165) is 16.8 Å². The fourth-order valence-corrected chi connectivity index (χ4v) is 9.93. The van der Waals surface area contributed by atoms with E-state index >= 15 is 0 Å². The topological polar surface area (TPSA) is 98.7 Å². The summed E-state index contributed by atoms with van der Waals surface area (Å²) in [5, 5.41) is 15.4. The summed E-state index contributed by atoms with van der Waals surface area (Å²) in [6, 6.07) is 14.4. The number of alkyl halides is 1. The van der Waals surface area contributed by atoms with Crippen LogP contribution in [-0.4, -0.2) is 61.7 Å². The molecule has 9 heteroatoms. The molecule has 3 aliphatic heterocycles. The summed E-state index contributed by atoms with van der Waals surface area (Å²) in [7, 11) is 0. The molecule has 3 heterocycles. The van der Waals surface area contributed by atoms with Gasteiger partial charge in [-0.15, -0.1) is 11.8 Å². The van der Waals surface area contributed by atoms with Crippen molar-refractivity contribution in [1.29, 1.82) is 0 Å². The minimum Gasteiger partial charge on any atom is -0.396 e. The molecular weight excluding hydrogens is 554 g/mol. The Kier molecular flexibility index (Phi) is 7.40. The van der Waals surface area contributed by atoms with Gasteiger partial charge in [-0.3, -0.25) is 14.4 Å². The van der Waals surface area contributed by atoms with E-state index in [9.17, 15) is 19.5 Å². The summed E-state index contributed by atoms with van der Waals surface area (Å²) in [6.07, 6.45) is 1.77. The second kappa shape index (κ2) is 10.4. The van der Waals surface area contributed by atoms with E-state index in [1.54, 1.807) is 16.7 Å². The average molecular weight is 587 g/mol. The van der Waals surface area contributed by atoms with E-state index in [1.807, 2.05) is 62.4 Å². The number of carbonyl (C=O) groups is 3. The van der Waals surface area contributed by atoms with Crippen LogP contribution in [0.15, 0.2) is 48.5 Å². The molecule has 3 N–H and O–H groups in total. The highest BCUT2D eigenvalue weighted by Crippen LogP contribution is 2.67. The highest BCUT2D eigenvalue weighted by atomic mass is 79.9. The lowest BCUT2D eigenvalue weighted by Gasteiger charge is -2.35. The number of hydrogen-bond donors (Lipinski definition) is 3. The summed E-state index contributed by atoms with van der Waals surface area (Å²) in [4.78, 5) is 43.3. The smallest absolute Gasteiger partial charge is 0.248 e. The van der Waals surface area contributed by atoms with E-state index in [4.69, 9.17) is 0 Å². The van der Waals surface area contributed by atoms with Crippen molar-refractivity contribution >= 4 is 56.8 Å². The number of aliphatic hydroxyl groups excluding tert-OH is 1. The number of para-hydroxylation sites is 2. The zero-order valence-electron chi connectivity index (χ0n) is 20.9. The predicted molar refractivity (Wildman–Crippen MR) is 150 cm³/mol. The van der Waals surface area contributed by atoms with Crippen molar-refractivity contribution in [3.8, 4) is 0 Å². The van der Waals surface area contributed by atoms with Crippen molar-refractivity contribution in [3.05, 3.63) is 59.7 Å². The first kappa shape index (κ1) is 26.3. The number of unbranched alkanes of at least 4 members (excludes halogenated alkanes) is 1. The average Bonchev–Trinajstić information content (AvgIpc) is 3.46. The quantitative estimate of drug-likeness (QED) is 0.320. The number of nitrogens with one attached hydrogen (secondary N) is 2. The van der Waals surface area contributed by atoms with Gasteiger partial charge in [0.15, 0.2) is 0 Å². The summed E-state index contributed by atoms with van der Waals surface area (Å²) < 4.78 is -0.700. The Morgan fingerprint density at radius 1 is 1.05 bits per heavy atom. The molecule has 0 saturated carbocycles. The van der Waals surface area contributed by atoms with Gasteiger partial charge < -0.3 is 20.6 Å². The summed E-state index contributed by atoms with van der Waals surface area (Å²) in [5.41, 5.74) is 3.37. The third-order valence-corrected chi connectivity index (χ3v) is 11.1. The van der Waals surface area contributed by atoms with Crippen LogP contribution >= 0.6 is 27.7 Å². The Bertz CT molecular complexity index is 1190. The Morgan fingerprint density at radius 3 is 2.43 bits per heavy atom. The Hall–Kier alpha value is -2.36. The number of amides is 3. The summed E-state index contributed by atoms with van der Waals surface area (Å²) >= 11 is 5.42. The van der Waals surface area contributed by atoms with Gasteiger partial charge in [0.25, 0.3) is 0 Å². The van der Waals surface area contributed by atoms with E-state index in [2.05, 4.69) is 26.6 Å². The van der Waals surface area contributed by atoms with Gasteiger partial charge in [-0.2, -0.15) is 0 Å². The third kappa shape index (κ3) is 4.49. The van der Waals surface area contributed by atoms with Gasteiger partial charge in [-0.05, 0) is 56.4 Å². The van der Waals surface area contributed by atoms with Gasteiger partial charge in [0.2, 0.25) is 17.7 Å². The Labute approximate surface area is 229 Å². The number of aryl methyl sites for hydroxylation is 2. The molecule has 3 aliphatic rings. The molecular formula is C28H32BrN3O4S. The SMILES string of the molecule is Cc1cccc(C)c1NC(=O)C1N(CCCCO)C(=O)[C@@H]2[C@@H](C(=O)Nc3ccccc3)[C@@H]3SC12CC3Br. The number of likely N-dealkylation sites (tertiary alicyclic amines) is 1. The lowest BCUT2D eigenvalue weighted by molar-refractivity contribution is -0.138. The molecule has 3 unspecified atom stereocenters. The summed E-state index contributed by atoms with van der Waals surface area (Å²) in [5.74, 6) is -1.66. The van der Waals surface area contributed by atoms with Gasteiger partial charge in [-0.25, -0.2) is 0 Å². The number of aliphatic hydroxyl groups is 1. The molecule has 2 bridgehead atoms.